The fourth-order valence-corrected chi connectivity index (χ4v) is 2.16. The Balaban J connectivity index is 1.86. The van der Waals surface area contributed by atoms with Crippen LogP contribution in [-0.2, 0) is 0 Å². The molecule has 0 amide bonds. The number of likely N-dealkylation sites (N-methyl/N-ethyl adjacent to an activating group) is 1. The van der Waals surface area contributed by atoms with Crippen LogP contribution in [0.3, 0.4) is 0 Å². The summed E-state index contributed by atoms with van der Waals surface area (Å²) in [6.07, 6.45) is 6.34. The van der Waals surface area contributed by atoms with Gasteiger partial charge in [-0.15, -0.1) is 0 Å². The van der Waals surface area contributed by atoms with Crippen LogP contribution in [0.1, 0.15) is 26.2 Å². The van der Waals surface area contributed by atoms with Crippen LogP contribution in [0.5, 0.6) is 0 Å². The van der Waals surface area contributed by atoms with Crippen LogP contribution in [0.25, 0.3) is 0 Å². The molecule has 1 aliphatic rings. The molecule has 0 heterocycles. The number of hydrogen-bond donors (Lipinski definition) is 1. The van der Waals surface area contributed by atoms with Crippen molar-refractivity contribution >= 4 is 11.8 Å². The average Bonchev–Trinajstić information content (AvgIpc) is 3.01. The Morgan fingerprint density at radius 2 is 2.14 bits per heavy atom. The van der Waals surface area contributed by atoms with Gasteiger partial charge < -0.3 is 5.32 Å². The van der Waals surface area contributed by atoms with Crippen molar-refractivity contribution in [3.8, 4) is 0 Å². The molecule has 3 heteroatoms. The van der Waals surface area contributed by atoms with Gasteiger partial charge in [0.05, 0.1) is 0 Å². The first kappa shape index (κ1) is 12.3. The Hall–Kier alpha value is 0.270. The van der Waals surface area contributed by atoms with E-state index in [4.69, 9.17) is 0 Å². The zero-order valence-electron chi connectivity index (χ0n) is 9.59. The molecule has 0 aromatic rings. The molecule has 0 spiro atoms. The molecule has 1 aliphatic carbocycles. The van der Waals surface area contributed by atoms with E-state index in [1.54, 1.807) is 0 Å². The van der Waals surface area contributed by atoms with Crippen molar-refractivity contribution in [2.45, 2.75) is 32.2 Å². The van der Waals surface area contributed by atoms with Gasteiger partial charge >= 0.3 is 0 Å². The third kappa shape index (κ3) is 5.23. The SMILES string of the molecule is CCN(CCNCCCSC)C1CC1. The lowest BCUT2D eigenvalue weighted by Crippen LogP contribution is -2.34. The zero-order valence-corrected chi connectivity index (χ0v) is 10.4. The summed E-state index contributed by atoms with van der Waals surface area (Å²) in [6, 6.07) is 0.924. The fourth-order valence-electron chi connectivity index (χ4n) is 1.73. The maximum Gasteiger partial charge on any atom is 0.0110 e. The lowest BCUT2D eigenvalue weighted by Gasteiger charge is -2.19. The van der Waals surface area contributed by atoms with Crippen LogP contribution >= 0.6 is 11.8 Å². The summed E-state index contributed by atoms with van der Waals surface area (Å²) < 4.78 is 0. The van der Waals surface area contributed by atoms with E-state index in [0.29, 0.717) is 0 Å². The van der Waals surface area contributed by atoms with Crippen molar-refractivity contribution < 1.29 is 0 Å². The van der Waals surface area contributed by atoms with Gasteiger partial charge in [-0.2, -0.15) is 11.8 Å². The third-order valence-electron chi connectivity index (χ3n) is 2.75. The highest BCUT2D eigenvalue weighted by Crippen LogP contribution is 2.25. The lowest BCUT2D eigenvalue weighted by molar-refractivity contribution is 0.277. The summed E-state index contributed by atoms with van der Waals surface area (Å²) in [6.45, 7) is 7.07. The first-order chi connectivity index (χ1) is 6.88. The minimum atomic E-state index is 0.924. The molecule has 0 aromatic carbocycles. The van der Waals surface area contributed by atoms with Crippen molar-refractivity contribution in [1.82, 2.24) is 10.2 Å². The first-order valence-electron chi connectivity index (χ1n) is 5.82. The van der Waals surface area contributed by atoms with Gasteiger partial charge in [-0.05, 0) is 44.4 Å². The molecule has 0 unspecified atom stereocenters. The van der Waals surface area contributed by atoms with E-state index in [2.05, 4.69) is 23.4 Å². The molecule has 2 nitrogen and oxygen atoms in total. The van der Waals surface area contributed by atoms with Crippen molar-refractivity contribution in [2.24, 2.45) is 0 Å². The van der Waals surface area contributed by atoms with Gasteiger partial charge in [0.25, 0.3) is 0 Å². The number of nitrogens with zero attached hydrogens (tertiary/aromatic N) is 1. The van der Waals surface area contributed by atoms with E-state index in [9.17, 15) is 0 Å². The summed E-state index contributed by atoms with van der Waals surface area (Å²) in [5, 5.41) is 3.51. The molecule has 1 fully saturated rings. The fraction of sp³-hybridized carbons (Fsp3) is 1.00. The molecule has 0 bridgehead atoms. The van der Waals surface area contributed by atoms with Crippen LogP contribution in [0.4, 0.5) is 0 Å². The summed E-state index contributed by atoms with van der Waals surface area (Å²) in [5.74, 6) is 1.28. The Labute approximate surface area is 92.8 Å². The van der Waals surface area contributed by atoms with E-state index >= 15 is 0 Å². The zero-order chi connectivity index (χ0) is 10.2. The number of hydrogen-bond acceptors (Lipinski definition) is 3. The Morgan fingerprint density at radius 1 is 1.36 bits per heavy atom. The lowest BCUT2D eigenvalue weighted by atomic mass is 10.4. The number of rotatable bonds is 9. The Bertz CT molecular complexity index is 137. The molecule has 1 N–H and O–H groups in total. The third-order valence-corrected chi connectivity index (χ3v) is 3.44. The van der Waals surface area contributed by atoms with Crippen molar-refractivity contribution in [3.05, 3.63) is 0 Å². The first-order valence-corrected chi connectivity index (χ1v) is 7.21. The predicted molar refractivity (Wildman–Crippen MR) is 66.1 cm³/mol. The second-order valence-corrected chi connectivity index (χ2v) is 4.94. The van der Waals surface area contributed by atoms with Crippen LogP contribution in [-0.4, -0.2) is 49.1 Å². The maximum atomic E-state index is 3.51. The highest BCUT2D eigenvalue weighted by molar-refractivity contribution is 7.98. The molecule has 0 radical (unpaired) electrons. The molecule has 84 valence electrons. The molecular weight excluding hydrogens is 192 g/mol. The van der Waals surface area contributed by atoms with Crippen LogP contribution in [0.2, 0.25) is 0 Å². The quantitative estimate of drug-likeness (QED) is 0.592. The van der Waals surface area contributed by atoms with Crippen molar-refractivity contribution in [2.75, 3.05) is 38.2 Å². The van der Waals surface area contributed by atoms with Crippen molar-refractivity contribution in [3.63, 3.8) is 0 Å². The largest absolute Gasteiger partial charge is 0.315 e. The van der Waals surface area contributed by atoms with E-state index in [1.807, 2.05) is 11.8 Å². The number of nitrogens with one attached hydrogen (secondary N) is 1. The van der Waals surface area contributed by atoms with Gasteiger partial charge in [-0.25, -0.2) is 0 Å². The van der Waals surface area contributed by atoms with Gasteiger partial charge in [0, 0.05) is 19.1 Å². The summed E-state index contributed by atoms with van der Waals surface area (Å²) in [7, 11) is 0. The summed E-state index contributed by atoms with van der Waals surface area (Å²) in [4.78, 5) is 2.60. The summed E-state index contributed by atoms with van der Waals surface area (Å²) in [5.41, 5.74) is 0. The monoisotopic (exact) mass is 216 g/mol. The van der Waals surface area contributed by atoms with Crippen LogP contribution < -0.4 is 5.32 Å². The normalized spacial score (nSPS) is 16.5. The van der Waals surface area contributed by atoms with Gasteiger partial charge in [-0.1, -0.05) is 6.92 Å². The van der Waals surface area contributed by atoms with Gasteiger partial charge in [0.1, 0.15) is 0 Å². The highest BCUT2D eigenvalue weighted by atomic mass is 32.2. The van der Waals surface area contributed by atoms with Crippen LogP contribution in [0, 0.1) is 0 Å². The van der Waals surface area contributed by atoms with E-state index < -0.39 is 0 Å². The maximum absolute atomic E-state index is 3.51. The molecule has 14 heavy (non-hydrogen) atoms. The van der Waals surface area contributed by atoms with Gasteiger partial charge in [-0.3, -0.25) is 4.90 Å². The Morgan fingerprint density at radius 3 is 2.71 bits per heavy atom. The predicted octanol–water partition coefficient (Wildman–Crippen LogP) is 1.81. The second kappa shape index (κ2) is 7.55. The van der Waals surface area contributed by atoms with Gasteiger partial charge in [0.2, 0.25) is 0 Å². The van der Waals surface area contributed by atoms with Gasteiger partial charge in [0.15, 0.2) is 0 Å². The smallest absolute Gasteiger partial charge is 0.0110 e. The standard InChI is InChI=1S/C11H24N2S/c1-3-13(11-5-6-11)9-8-12-7-4-10-14-2/h11-12H,3-10H2,1-2H3. The van der Waals surface area contributed by atoms with E-state index in [-0.39, 0.29) is 0 Å². The highest BCUT2D eigenvalue weighted by Gasteiger charge is 2.26. The minimum Gasteiger partial charge on any atom is -0.315 e. The molecule has 0 atom stereocenters. The second-order valence-electron chi connectivity index (χ2n) is 3.96. The number of thioether (sulfide) groups is 1. The molecule has 0 saturated heterocycles. The molecule has 0 aliphatic heterocycles. The minimum absolute atomic E-state index is 0.924. The summed E-state index contributed by atoms with van der Waals surface area (Å²) >= 11 is 1.93. The molecule has 1 saturated carbocycles. The van der Waals surface area contributed by atoms with Crippen molar-refractivity contribution in [1.29, 1.82) is 0 Å². The molecular formula is C11H24N2S. The van der Waals surface area contributed by atoms with Crippen LogP contribution in [0.15, 0.2) is 0 Å². The average molecular weight is 216 g/mol. The van der Waals surface area contributed by atoms with E-state index in [0.717, 1.165) is 6.04 Å². The molecule has 0 aromatic heterocycles. The topological polar surface area (TPSA) is 15.3 Å². The van der Waals surface area contributed by atoms with E-state index in [1.165, 1.54) is 51.2 Å². The molecule has 1 rings (SSSR count). The Kier molecular flexibility index (Phi) is 6.65.